The molecule has 2 atom stereocenters. The van der Waals surface area contributed by atoms with E-state index >= 15 is 0 Å². The van der Waals surface area contributed by atoms with Crippen molar-refractivity contribution in [2.75, 3.05) is 14.2 Å². The lowest BCUT2D eigenvalue weighted by Crippen LogP contribution is -2.33. The highest BCUT2D eigenvalue weighted by molar-refractivity contribution is 5.85. The van der Waals surface area contributed by atoms with Crippen LogP contribution in [0.3, 0.4) is 0 Å². The van der Waals surface area contributed by atoms with E-state index in [0.717, 1.165) is 29.2 Å². The summed E-state index contributed by atoms with van der Waals surface area (Å²) in [6.45, 7) is 1.91. The third-order valence-electron chi connectivity index (χ3n) is 3.84. The molecule has 0 saturated heterocycles. The molecule has 23 heavy (non-hydrogen) atoms. The summed E-state index contributed by atoms with van der Waals surface area (Å²) in [6, 6.07) is 3.77. The summed E-state index contributed by atoms with van der Waals surface area (Å²) in [5.41, 5.74) is 8.26. The Kier molecular flexibility index (Phi) is 4.25. The lowest BCUT2D eigenvalue weighted by Gasteiger charge is -2.30. The summed E-state index contributed by atoms with van der Waals surface area (Å²) in [6.07, 6.45) is 6.21. The first-order valence-electron chi connectivity index (χ1n) is 7.47. The third-order valence-corrected chi connectivity index (χ3v) is 3.84. The van der Waals surface area contributed by atoms with Crippen LogP contribution >= 0.6 is 0 Å². The van der Waals surface area contributed by atoms with Crippen LogP contribution in [0, 0.1) is 0 Å². The van der Waals surface area contributed by atoms with E-state index in [4.69, 9.17) is 19.9 Å². The number of rotatable bonds is 4. The van der Waals surface area contributed by atoms with E-state index in [1.54, 1.807) is 14.2 Å². The molecule has 0 amide bonds. The van der Waals surface area contributed by atoms with Crippen LogP contribution in [0.2, 0.25) is 0 Å². The Morgan fingerprint density at radius 1 is 1.22 bits per heavy atom. The molecule has 6 nitrogen and oxygen atoms in total. The summed E-state index contributed by atoms with van der Waals surface area (Å²) < 4.78 is 16.9. The number of hydrogen-bond acceptors (Lipinski definition) is 6. The Morgan fingerprint density at radius 3 is 2.61 bits per heavy atom. The molecule has 6 heteroatoms. The topological polar surface area (TPSA) is 78.1 Å². The summed E-state index contributed by atoms with van der Waals surface area (Å²) in [7, 11) is 3.22. The van der Waals surface area contributed by atoms with Gasteiger partial charge < -0.3 is 25.3 Å². The zero-order valence-corrected chi connectivity index (χ0v) is 13.5. The Morgan fingerprint density at radius 2 is 1.96 bits per heavy atom. The van der Waals surface area contributed by atoms with Gasteiger partial charge in [-0.1, -0.05) is 12.2 Å². The summed E-state index contributed by atoms with van der Waals surface area (Å²) in [5, 5.41) is 3.27. The lowest BCUT2D eigenvalue weighted by molar-refractivity contribution is 0.00302. The molecule has 1 aliphatic carbocycles. The molecule has 1 aliphatic heterocycles. The van der Waals surface area contributed by atoms with E-state index in [2.05, 4.69) is 10.3 Å². The van der Waals surface area contributed by atoms with Gasteiger partial charge in [-0.3, -0.25) is 0 Å². The number of hydrogen-bond donors (Lipinski definition) is 2. The van der Waals surface area contributed by atoms with Gasteiger partial charge in [-0.2, -0.15) is 0 Å². The van der Waals surface area contributed by atoms with Crippen LogP contribution in [0.1, 0.15) is 25.1 Å². The van der Waals surface area contributed by atoms with Gasteiger partial charge in [0.2, 0.25) is 0 Å². The van der Waals surface area contributed by atoms with E-state index in [-0.39, 0.29) is 12.3 Å². The highest BCUT2D eigenvalue weighted by Crippen LogP contribution is 2.40. The summed E-state index contributed by atoms with van der Waals surface area (Å²) in [5.74, 6) is 2.10. The molecular formula is C17H21N3O3. The predicted octanol–water partition coefficient (Wildman–Crippen LogP) is 2.54. The quantitative estimate of drug-likeness (QED) is 0.893. The molecule has 0 radical (unpaired) electrons. The fourth-order valence-electron chi connectivity index (χ4n) is 2.67. The average Bonchev–Trinajstić information content (AvgIpc) is 2.55. The van der Waals surface area contributed by atoms with Crippen molar-refractivity contribution < 1.29 is 14.2 Å². The predicted molar refractivity (Wildman–Crippen MR) is 89.1 cm³/mol. The Labute approximate surface area is 135 Å². The number of ether oxygens (including phenoxy) is 3. The van der Waals surface area contributed by atoms with Crippen LogP contribution in [0.15, 0.2) is 41.1 Å². The molecule has 3 rings (SSSR count). The van der Waals surface area contributed by atoms with Crippen molar-refractivity contribution in [3.8, 4) is 11.5 Å². The Hall–Kier alpha value is -2.47. The van der Waals surface area contributed by atoms with Crippen LogP contribution in [-0.2, 0) is 4.74 Å². The van der Waals surface area contributed by atoms with E-state index in [0.29, 0.717) is 11.5 Å². The molecule has 2 aliphatic rings. The minimum Gasteiger partial charge on any atom is -0.493 e. The highest BCUT2D eigenvalue weighted by Gasteiger charge is 2.26. The van der Waals surface area contributed by atoms with Crippen LogP contribution in [-0.4, -0.2) is 26.2 Å². The standard InChI is InChI=1S/C17H21N3O3/c1-10-19-14-9-16(22-3)15(21-2)8-13(14)17(20-10)23-12-6-4-11(18)5-7-12/h4-6,8-9,12,17H,7,18H2,1-3H3,(H,19,20). The molecule has 122 valence electrons. The van der Waals surface area contributed by atoms with E-state index in [1.165, 1.54) is 0 Å². The lowest BCUT2D eigenvalue weighted by atomic mass is 10.1. The number of benzene rings is 1. The number of allylic oxidation sites excluding steroid dienone is 1. The van der Waals surface area contributed by atoms with Crippen molar-refractivity contribution in [3.63, 3.8) is 0 Å². The molecule has 0 fully saturated rings. The van der Waals surface area contributed by atoms with Gasteiger partial charge in [0.25, 0.3) is 0 Å². The fraction of sp³-hybridized carbons (Fsp3) is 0.353. The first kappa shape index (κ1) is 15.4. The van der Waals surface area contributed by atoms with Gasteiger partial charge in [0.1, 0.15) is 5.84 Å². The molecule has 1 aromatic rings. The van der Waals surface area contributed by atoms with E-state index < -0.39 is 0 Å². The number of nitrogens with zero attached hydrogens (tertiary/aromatic N) is 1. The summed E-state index contributed by atoms with van der Waals surface area (Å²) in [4.78, 5) is 4.53. The normalized spacial score (nSPS) is 22.6. The second kappa shape index (κ2) is 6.34. The first-order chi connectivity index (χ1) is 11.1. The highest BCUT2D eigenvalue weighted by atomic mass is 16.5. The van der Waals surface area contributed by atoms with Crippen molar-refractivity contribution in [3.05, 3.63) is 41.6 Å². The molecule has 0 aromatic heterocycles. The first-order valence-corrected chi connectivity index (χ1v) is 7.47. The summed E-state index contributed by atoms with van der Waals surface area (Å²) >= 11 is 0. The average molecular weight is 315 g/mol. The molecule has 3 N–H and O–H groups in total. The monoisotopic (exact) mass is 315 g/mol. The van der Waals surface area contributed by atoms with Gasteiger partial charge in [0, 0.05) is 17.3 Å². The SMILES string of the molecule is COc1cc2c(cc1OC)C(OC1C=CC(N)=CC1)NC(C)=N2. The van der Waals surface area contributed by atoms with Gasteiger partial charge in [0.15, 0.2) is 17.7 Å². The largest absolute Gasteiger partial charge is 0.493 e. The molecule has 2 unspecified atom stereocenters. The fourth-order valence-corrected chi connectivity index (χ4v) is 2.67. The van der Waals surface area contributed by atoms with Gasteiger partial charge in [-0.25, -0.2) is 4.99 Å². The maximum absolute atomic E-state index is 6.18. The number of nitrogens with two attached hydrogens (primary N) is 1. The van der Waals surface area contributed by atoms with Crippen molar-refractivity contribution in [1.29, 1.82) is 0 Å². The molecule has 0 saturated carbocycles. The third kappa shape index (κ3) is 3.17. The van der Waals surface area contributed by atoms with Gasteiger partial charge in [-0.15, -0.1) is 0 Å². The van der Waals surface area contributed by atoms with Crippen molar-refractivity contribution >= 4 is 11.5 Å². The number of amidine groups is 1. The molecule has 1 aromatic carbocycles. The molecule has 0 spiro atoms. The number of aliphatic imine (C=N–C) groups is 1. The van der Waals surface area contributed by atoms with E-state index in [9.17, 15) is 0 Å². The Balaban J connectivity index is 1.90. The number of methoxy groups -OCH3 is 2. The maximum atomic E-state index is 6.18. The maximum Gasteiger partial charge on any atom is 0.162 e. The van der Waals surface area contributed by atoms with E-state index in [1.807, 2.05) is 37.3 Å². The van der Waals surface area contributed by atoms with Crippen molar-refractivity contribution in [2.24, 2.45) is 10.7 Å². The van der Waals surface area contributed by atoms with Crippen molar-refractivity contribution in [1.82, 2.24) is 5.32 Å². The van der Waals surface area contributed by atoms with Crippen LogP contribution in [0.5, 0.6) is 11.5 Å². The minimum atomic E-state index is -0.301. The van der Waals surface area contributed by atoms with Gasteiger partial charge in [-0.05, 0) is 25.5 Å². The van der Waals surface area contributed by atoms with Crippen LogP contribution < -0.4 is 20.5 Å². The van der Waals surface area contributed by atoms with Crippen LogP contribution in [0.25, 0.3) is 0 Å². The molecule has 1 heterocycles. The van der Waals surface area contributed by atoms with Crippen LogP contribution in [0.4, 0.5) is 5.69 Å². The van der Waals surface area contributed by atoms with Gasteiger partial charge in [0.05, 0.1) is 26.0 Å². The Bertz CT molecular complexity index is 695. The van der Waals surface area contributed by atoms with Crippen molar-refractivity contribution in [2.45, 2.75) is 25.7 Å². The zero-order valence-electron chi connectivity index (χ0n) is 13.5. The number of nitrogens with one attached hydrogen (secondary N) is 1. The second-order valence-corrected chi connectivity index (χ2v) is 5.46. The molecular weight excluding hydrogens is 294 g/mol. The smallest absolute Gasteiger partial charge is 0.162 e. The van der Waals surface area contributed by atoms with Gasteiger partial charge >= 0.3 is 0 Å². The minimum absolute atomic E-state index is 0.0355. The molecule has 0 bridgehead atoms. The number of fused-ring (bicyclic) bond motifs is 1. The second-order valence-electron chi connectivity index (χ2n) is 5.46. The zero-order chi connectivity index (χ0) is 16.4.